The van der Waals surface area contributed by atoms with Gasteiger partial charge in [-0.25, -0.2) is 4.79 Å². The lowest BCUT2D eigenvalue weighted by Crippen LogP contribution is -2.65. The topological polar surface area (TPSA) is 215 Å². The molecule has 64 heavy (non-hydrogen) atoms. The molecule has 0 bridgehead atoms. The van der Waals surface area contributed by atoms with Gasteiger partial charge >= 0.3 is 5.97 Å². The lowest BCUT2D eigenvalue weighted by atomic mass is 9.72. The third-order valence-corrected chi connectivity index (χ3v) is 12.4. The van der Waals surface area contributed by atoms with E-state index in [9.17, 15) is 50.8 Å². The van der Waals surface area contributed by atoms with E-state index in [-0.39, 0.29) is 44.0 Å². The van der Waals surface area contributed by atoms with Gasteiger partial charge in [0.1, 0.15) is 54.9 Å². The maximum absolute atomic E-state index is 12.7. The van der Waals surface area contributed by atoms with Crippen molar-refractivity contribution in [3.05, 3.63) is 29.8 Å². The van der Waals surface area contributed by atoms with Gasteiger partial charge in [0, 0.05) is 32.6 Å². The Balaban J connectivity index is 0.00000241. The quantitative estimate of drug-likeness (QED) is 0.0210. The fourth-order valence-electron chi connectivity index (χ4n) is 9.44. The highest BCUT2D eigenvalue weighted by molar-refractivity contribution is 5.90. The minimum Gasteiger partial charge on any atom is -0.478 e. The molecule has 0 heterocycles. The molecule has 1 aromatic rings. The minimum atomic E-state index is -1.83. The zero-order valence-electron chi connectivity index (χ0n) is 41.6. The van der Waals surface area contributed by atoms with E-state index in [0.29, 0.717) is 30.5 Å². The van der Waals surface area contributed by atoms with Crippen LogP contribution in [0.3, 0.4) is 0 Å². The molecule has 0 saturated carbocycles. The van der Waals surface area contributed by atoms with Crippen molar-refractivity contribution in [1.29, 1.82) is 0 Å². The Morgan fingerprint density at radius 1 is 0.656 bits per heavy atom. The van der Waals surface area contributed by atoms with Gasteiger partial charge in [0.05, 0.1) is 39.0 Å². The van der Waals surface area contributed by atoms with Gasteiger partial charge in [-0.3, -0.25) is 9.80 Å². The molecule has 7 unspecified atom stereocenters. The zero-order valence-corrected chi connectivity index (χ0v) is 41.6. The van der Waals surface area contributed by atoms with Crippen LogP contribution in [0.5, 0.6) is 5.75 Å². The van der Waals surface area contributed by atoms with Crippen LogP contribution >= 0.6 is 0 Å². The molecule has 0 amide bonds. The van der Waals surface area contributed by atoms with Crippen LogP contribution in [0.1, 0.15) is 168 Å². The van der Waals surface area contributed by atoms with E-state index in [4.69, 9.17) is 4.74 Å². The number of quaternary nitrogens is 1. The zero-order chi connectivity index (χ0) is 48.6. The molecule has 0 spiro atoms. The molecule has 0 radical (unpaired) electrons. The number of ether oxygens (including phenoxy) is 1. The summed E-state index contributed by atoms with van der Waals surface area (Å²) in [5.74, 6) is -1.39. The van der Waals surface area contributed by atoms with E-state index < -0.39 is 60.8 Å². The highest BCUT2D eigenvalue weighted by Crippen LogP contribution is 2.38. The maximum atomic E-state index is 12.7. The number of unbranched alkanes of at least 4 members (excludes halogenated alkanes) is 12. The predicted molar refractivity (Wildman–Crippen MR) is 257 cm³/mol. The van der Waals surface area contributed by atoms with E-state index in [1.807, 2.05) is 7.05 Å². The predicted octanol–water partition coefficient (Wildman–Crippen LogP) is 6.03. The number of rotatable bonds is 39. The van der Waals surface area contributed by atoms with Gasteiger partial charge in [0.2, 0.25) is 0 Å². The summed E-state index contributed by atoms with van der Waals surface area (Å²) in [6, 6.07) is 5.69. The summed E-state index contributed by atoms with van der Waals surface area (Å²) in [6.07, 6.45) is 13.9. The fraction of sp³-hybridized carbons (Fsp3) is 0.860. The summed E-state index contributed by atoms with van der Waals surface area (Å²) in [4.78, 5) is 16.3. The van der Waals surface area contributed by atoms with E-state index >= 15 is 0 Å². The molecule has 0 saturated heterocycles. The number of aliphatic hydroxyl groups is 8. The van der Waals surface area contributed by atoms with Crippen molar-refractivity contribution in [1.82, 2.24) is 9.80 Å². The number of carboxylic acids is 1. The molecule has 378 valence electrons. The Morgan fingerprint density at radius 2 is 1.09 bits per heavy atom. The van der Waals surface area contributed by atoms with Crippen LogP contribution in [0.2, 0.25) is 0 Å². The average Bonchev–Trinajstić information content (AvgIpc) is 3.21. The number of aliphatic hydroxyl groups excluding tert-OH is 7. The van der Waals surface area contributed by atoms with Gasteiger partial charge in [0.25, 0.3) is 0 Å². The monoisotopic (exact) mass is 917 g/mol. The van der Waals surface area contributed by atoms with Crippen LogP contribution in [-0.2, 0) is 0 Å². The molecule has 14 nitrogen and oxygen atoms in total. The first-order valence-corrected chi connectivity index (χ1v) is 25.0. The SMILES string of the molecule is CC(O)C[N+](C)(CC(C)O)CC(C)O.CCCCCCCCN(CCCCCCCC)C(CC(CCCCC)C(O)(C(CO)N(CCO)CCO)[C@H](C)O)Oc1ccccc1C(=O)O. The number of hydrogen-bond donors (Lipinski definition) is 9. The van der Waals surface area contributed by atoms with Crippen molar-refractivity contribution in [2.24, 2.45) is 5.92 Å². The summed E-state index contributed by atoms with van der Waals surface area (Å²) in [5, 5.41) is 92.6. The Morgan fingerprint density at radius 3 is 1.50 bits per heavy atom. The fourth-order valence-corrected chi connectivity index (χ4v) is 9.44. The second kappa shape index (κ2) is 36.1. The molecule has 0 aromatic heterocycles. The summed E-state index contributed by atoms with van der Waals surface area (Å²) < 4.78 is 7.23. The first-order chi connectivity index (χ1) is 30.4. The first kappa shape index (κ1) is 62.1. The summed E-state index contributed by atoms with van der Waals surface area (Å²) in [5.41, 5.74) is -1.76. The molecule has 0 aliphatic heterocycles. The molecule has 0 fully saturated rings. The number of benzene rings is 1. The molecule has 1 aromatic carbocycles. The number of para-hydroxylation sites is 1. The van der Waals surface area contributed by atoms with Gasteiger partial charge in [-0.05, 0) is 65.0 Å². The van der Waals surface area contributed by atoms with Crippen molar-refractivity contribution in [3.63, 3.8) is 0 Å². The molecule has 0 aliphatic rings. The standard InChI is InChI=1S/C40H74N2O8.C10H24NO3/c1-5-8-11-13-15-20-25-42(26-21-16-14-12-9-6-2)38(50-36-24-19-18-23-35(36)39(47)48)31-34(22-17-10-7-3)40(49,33(4)46)37(32-45)41(27-29-43)28-30-44;1-8(12)5-11(4,6-9(2)13)7-10(3)14/h18-19,23-24,33-34,37-38,43-46,49H,5-17,20-22,25-32H2,1-4H3,(H,47,48);8-10,12-14H,5-7H2,1-4H3/q;+1/t33-,34?,37?,38?,40?;/m0./s1. The van der Waals surface area contributed by atoms with Gasteiger partial charge in [-0.15, -0.1) is 0 Å². The van der Waals surface area contributed by atoms with Crippen molar-refractivity contribution < 1.29 is 60.0 Å². The van der Waals surface area contributed by atoms with Gasteiger partial charge in [-0.1, -0.05) is 116 Å². The molecule has 1 rings (SSSR count). The number of likely N-dealkylation sites (N-methyl/N-ethyl adjacent to an activating group) is 1. The molecule has 14 heteroatoms. The van der Waals surface area contributed by atoms with Crippen molar-refractivity contribution in [2.75, 3.05) is 72.7 Å². The van der Waals surface area contributed by atoms with Gasteiger partial charge in [-0.2, -0.15) is 0 Å². The third-order valence-electron chi connectivity index (χ3n) is 12.4. The second-order valence-corrected chi connectivity index (χ2v) is 18.8. The number of carbonyl (C=O) groups is 1. The Labute approximate surface area is 388 Å². The normalized spacial score (nSPS) is 17.1. The lowest BCUT2D eigenvalue weighted by Gasteiger charge is -2.49. The number of aromatic carboxylic acids is 1. The van der Waals surface area contributed by atoms with E-state index in [2.05, 4.69) is 25.7 Å². The van der Waals surface area contributed by atoms with Crippen molar-refractivity contribution in [2.45, 2.75) is 200 Å². The second-order valence-electron chi connectivity index (χ2n) is 18.8. The van der Waals surface area contributed by atoms with Crippen molar-refractivity contribution in [3.8, 4) is 5.75 Å². The van der Waals surface area contributed by atoms with E-state index in [0.717, 1.165) is 70.9 Å². The van der Waals surface area contributed by atoms with Gasteiger partial charge in [0.15, 0.2) is 6.23 Å². The summed E-state index contributed by atoms with van der Waals surface area (Å²) in [6.45, 7) is 15.6. The van der Waals surface area contributed by atoms with Crippen LogP contribution in [-0.4, -0.2) is 181 Å². The van der Waals surface area contributed by atoms with Gasteiger partial charge < -0.3 is 55.2 Å². The number of carboxylic acid groups (broad SMARTS) is 1. The number of nitrogens with zero attached hydrogens (tertiary/aromatic N) is 3. The van der Waals surface area contributed by atoms with Crippen LogP contribution in [0.25, 0.3) is 0 Å². The lowest BCUT2D eigenvalue weighted by molar-refractivity contribution is -0.917. The molecule has 8 atom stereocenters. The average molecular weight is 917 g/mol. The molecule has 0 aliphatic carbocycles. The first-order valence-electron chi connectivity index (χ1n) is 25.0. The third kappa shape index (κ3) is 25.3. The molecular formula is C50H98N3O11+. The largest absolute Gasteiger partial charge is 0.478 e. The highest BCUT2D eigenvalue weighted by Gasteiger charge is 2.50. The maximum Gasteiger partial charge on any atom is 0.339 e. The smallest absolute Gasteiger partial charge is 0.339 e. The molecule has 9 N–H and O–H groups in total. The number of hydrogen-bond acceptors (Lipinski definition) is 12. The Hall–Kier alpha value is -1.95. The van der Waals surface area contributed by atoms with Crippen LogP contribution < -0.4 is 4.74 Å². The van der Waals surface area contributed by atoms with Crippen LogP contribution in [0, 0.1) is 5.92 Å². The Kier molecular flexibility index (Phi) is 35.0. The Bertz CT molecular complexity index is 1220. The highest BCUT2D eigenvalue weighted by atomic mass is 16.5. The van der Waals surface area contributed by atoms with Crippen LogP contribution in [0.15, 0.2) is 24.3 Å². The van der Waals surface area contributed by atoms with Crippen molar-refractivity contribution >= 4 is 5.97 Å². The summed E-state index contributed by atoms with van der Waals surface area (Å²) >= 11 is 0. The van der Waals surface area contributed by atoms with E-state index in [1.165, 1.54) is 51.5 Å². The summed E-state index contributed by atoms with van der Waals surface area (Å²) in [7, 11) is 1.94. The van der Waals surface area contributed by atoms with Crippen LogP contribution in [0.4, 0.5) is 0 Å². The molecular weight excluding hydrogens is 819 g/mol. The minimum absolute atomic E-state index is 0.0650. The van der Waals surface area contributed by atoms with E-state index in [1.54, 1.807) is 43.9 Å².